The highest BCUT2D eigenvalue weighted by Gasteiger charge is 2.71. The van der Waals surface area contributed by atoms with Crippen LogP contribution < -0.4 is 15.5 Å². The highest BCUT2D eigenvalue weighted by atomic mass is 16.7. The Balaban J connectivity index is 0.000000155. The number of Topliss-reactive ketones (excluding diaryl/α,β-unsaturated/α-hetero) is 12. The fourth-order valence-electron chi connectivity index (χ4n) is 24.8. The molecule has 147 heavy (non-hydrogen) atoms. The monoisotopic (exact) mass is 2040 g/mol. The molecule has 41 heteroatoms. The molecular weight excluding hydrogens is 1910 g/mol. The molecule has 5 fully saturated rings. The van der Waals surface area contributed by atoms with Crippen molar-refractivity contribution in [2.45, 2.75) is 183 Å². The average Bonchev–Trinajstić information content (AvgIpc) is 0.772. The van der Waals surface area contributed by atoms with Gasteiger partial charge in [-0.15, -0.1) is 0 Å². The number of fused-ring (bicyclic) bond motifs is 12. The predicted molar refractivity (Wildman–Crippen MR) is 527 cm³/mol. The highest BCUT2D eigenvalue weighted by molar-refractivity contribution is 6.29. The van der Waals surface area contributed by atoms with Crippen molar-refractivity contribution in [1.29, 1.82) is 0 Å². The zero-order valence-corrected chi connectivity index (χ0v) is 85.4. The first-order valence-electron chi connectivity index (χ1n) is 48.2. The van der Waals surface area contributed by atoms with Crippen LogP contribution in [0.15, 0.2) is 122 Å². The van der Waals surface area contributed by atoms with Crippen molar-refractivity contribution in [3.63, 3.8) is 0 Å². The average molecular weight is 2040 g/mol. The predicted octanol–water partition coefficient (Wildman–Crippen LogP) is 3.74. The molecule has 41 nitrogen and oxygen atoms in total. The molecule has 4 aromatic rings. The molecule has 0 spiro atoms. The van der Waals surface area contributed by atoms with Gasteiger partial charge in [0, 0.05) is 109 Å². The van der Waals surface area contributed by atoms with Gasteiger partial charge >= 0.3 is 0 Å². The topological polar surface area (TPSA) is 642 Å². The van der Waals surface area contributed by atoms with Crippen LogP contribution in [0.3, 0.4) is 0 Å². The maximum absolute atomic E-state index is 14.1. The minimum Gasteiger partial charge on any atom is -0.508 e. The molecule has 4 saturated carbocycles. The number of amides is 1. The number of anilines is 1. The number of aliphatic hydroxyl groups excluding tert-OH is 8. The Hall–Kier alpha value is -12.9. The fourth-order valence-corrected chi connectivity index (χ4v) is 24.8. The van der Waals surface area contributed by atoms with E-state index in [2.05, 4.69) is 10.6 Å². The molecule has 1 aliphatic heterocycles. The lowest BCUT2D eigenvalue weighted by Gasteiger charge is -2.53. The number of aliphatic hydroxyl groups is 14. The van der Waals surface area contributed by atoms with Gasteiger partial charge in [-0.25, -0.2) is 0 Å². The number of phenols is 4. The van der Waals surface area contributed by atoms with Crippen molar-refractivity contribution in [2.24, 2.45) is 47.3 Å². The van der Waals surface area contributed by atoms with Crippen LogP contribution in [0, 0.1) is 47.3 Å². The summed E-state index contributed by atoms with van der Waals surface area (Å²) in [6.07, 6.45) is 2.05. The fraction of sp³-hybridized carbons (Fsp3) is 0.500. The van der Waals surface area contributed by atoms with Gasteiger partial charge < -0.3 is 112 Å². The smallest absolute Gasteiger partial charge is 0.259 e. The van der Waals surface area contributed by atoms with Gasteiger partial charge in [-0.1, -0.05) is 30.3 Å². The minimum atomic E-state index is -2.72. The molecule has 0 aromatic heterocycles. The number of phenolic OH excluding ortho intramolecular Hbond substituents is 4. The van der Waals surface area contributed by atoms with E-state index < -0.39 is 243 Å². The van der Waals surface area contributed by atoms with E-state index in [1.807, 2.05) is 25.7 Å². The molecule has 0 unspecified atom stereocenters. The van der Waals surface area contributed by atoms with E-state index >= 15 is 0 Å². The number of nitrogens with zero attached hydrogens (tertiary/aromatic N) is 7. The molecule has 20 N–H and O–H groups in total. The Morgan fingerprint density at radius 2 is 0.789 bits per heavy atom. The van der Waals surface area contributed by atoms with Gasteiger partial charge in [0.05, 0.1) is 77.9 Å². The Labute approximate surface area is 846 Å². The van der Waals surface area contributed by atoms with E-state index in [0.29, 0.717) is 23.4 Å². The van der Waals surface area contributed by atoms with Crippen LogP contribution in [0.25, 0.3) is 23.0 Å². The van der Waals surface area contributed by atoms with Crippen LogP contribution in [0.4, 0.5) is 5.69 Å². The summed E-state index contributed by atoms with van der Waals surface area (Å²) < 4.78 is 0. The standard InChI is InChI=1S/C31H41N3O8.C27H33N3O8.C25H30N2O8.C23H25NO8/c1-14(35)21-27(39)24(34(7)8)19-11-15-10-18-20(33(5)6)12-16(9-17(36)13-32-30(2,3)4)25(37)23(18)26(38)22(15)29(41)31(19,42)28(21)40;1-26(37)13-7-6-8-16(31)17(13)21(32)18-14(26)11-15-20(29(2)3)22(33)19(24(35)27(15,38)23(18)34)25(36)28-12-30-9-4-5-10-30;1-11(28)17-22(31)20(26(2)3)15-9-13-8-14-12(10-27(4)35-5)6-7-16(29)19(14)21(30)18(13)24(33)25(15,34)23(17)32;1-9(25)14-19(28)17(24(3)4)12-8-11-16(21(30)23(12,32)20(14)29)18(27)15-10(22(11,2)31)6-5-7-13(15)26/h12,15,19,24,32,37-38,40,42H,9-11,13H2,1-8H3;6-8,14-15,20,31-32,35,37-38H,4-5,9-12H2,1-3H3,(H,28,36);6-7,13,15,20,29-30,32,34H,8-10H2,1-5H3;5-7,11-12,17,26-27,29,31-32H,8H2,1-4H3/t15-,19-,24-,31+;14-,15-,20-,26+,27-;13-,15-,20-,25+;11-,12-,17-,22+,23+/m0000/s1. The summed E-state index contributed by atoms with van der Waals surface area (Å²) in [4.78, 5) is 187. The molecule has 17 rings (SSSR count). The number of hydrogen-bond donors (Lipinski definition) is 20. The second-order valence-electron chi connectivity index (χ2n) is 43.1. The summed E-state index contributed by atoms with van der Waals surface area (Å²) in [5.74, 6) is -26.2. The summed E-state index contributed by atoms with van der Waals surface area (Å²) in [5.41, 5.74) is -15.1. The lowest BCUT2D eigenvalue weighted by atomic mass is 9.54. The first-order valence-corrected chi connectivity index (χ1v) is 48.2. The van der Waals surface area contributed by atoms with Crippen molar-refractivity contribution < 1.29 is 159 Å². The summed E-state index contributed by atoms with van der Waals surface area (Å²) >= 11 is 0. The van der Waals surface area contributed by atoms with Crippen molar-refractivity contribution >= 4 is 104 Å². The Kier molecular flexibility index (Phi) is 29.1. The maximum atomic E-state index is 14.1. The third-order valence-corrected chi connectivity index (χ3v) is 31.9. The molecule has 790 valence electrons. The zero-order valence-electron chi connectivity index (χ0n) is 85.4. The molecule has 1 heterocycles. The van der Waals surface area contributed by atoms with Crippen LogP contribution in [-0.4, -0.2) is 360 Å². The third kappa shape index (κ3) is 17.3. The molecule has 18 atom stereocenters. The quantitative estimate of drug-likeness (QED) is 0.0498. The number of aromatic hydroxyl groups is 4. The number of carbonyl (C=O) groups excluding carboxylic acids is 13. The first kappa shape index (κ1) is 110. The largest absolute Gasteiger partial charge is 0.508 e. The van der Waals surface area contributed by atoms with Crippen molar-refractivity contribution in [3.8, 4) is 23.0 Å². The Bertz CT molecular complexity index is 6640. The van der Waals surface area contributed by atoms with Crippen molar-refractivity contribution in [3.05, 3.63) is 178 Å². The summed E-state index contributed by atoms with van der Waals surface area (Å²) in [5, 5.41) is 209. The zero-order chi connectivity index (χ0) is 109. The number of likely N-dealkylation sites (N-methyl/N-ethyl adjacent to an activating group) is 4. The van der Waals surface area contributed by atoms with E-state index in [0.717, 1.165) is 52.3 Å². The minimum absolute atomic E-state index is 0.0132. The molecule has 13 aliphatic rings. The molecule has 1 saturated heterocycles. The highest BCUT2D eigenvalue weighted by Crippen LogP contribution is 2.62. The number of nitrogens with one attached hydrogen (secondary N) is 2. The van der Waals surface area contributed by atoms with Gasteiger partial charge in [0.2, 0.25) is 23.1 Å². The second kappa shape index (κ2) is 39.0. The molecule has 12 aliphatic carbocycles. The normalized spacial score (nSPS) is 30.3. The van der Waals surface area contributed by atoms with Gasteiger partial charge in [0.15, 0.2) is 68.7 Å². The Morgan fingerprint density at radius 3 is 1.16 bits per heavy atom. The number of hydroxylamine groups is 2. The third-order valence-electron chi connectivity index (χ3n) is 31.9. The maximum Gasteiger partial charge on any atom is 0.259 e. The Morgan fingerprint density at radius 1 is 0.442 bits per heavy atom. The summed E-state index contributed by atoms with van der Waals surface area (Å²) in [6, 6.07) is 8.97. The number of hydrogen-bond acceptors (Lipinski definition) is 40. The van der Waals surface area contributed by atoms with Crippen LogP contribution >= 0.6 is 0 Å². The summed E-state index contributed by atoms with van der Waals surface area (Å²) in [7, 11) is 19.4. The van der Waals surface area contributed by atoms with Crippen molar-refractivity contribution in [2.75, 3.05) is 116 Å². The second-order valence-corrected chi connectivity index (χ2v) is 43.1. The molecule has 0 radical (unpaired) electrons. The summed E-state index contributed by atoms with van der Waals surface area (Å²) in [6.45, 7) is 13.9. The SMILES string of the molecule is CC(=O)C1=C(O)[C@@]2(O)C(=O)C3=C(O)c4c(O)c(CC(=O)CNC(C)(C)C)cc(N(C)C)c4C[C@H]3C[C@H]2[C@H](N(C)C)C1=O.CC(=O)C1=C(O)[C@@]2(O)C(=O)C3=C(O)c4c(O)cccc4[C@@](C)(O)[C@H]3C[C@H]2[C@H](N(C)C)C1=O.CN(C)[C@@H]1C(=O)C(C(=O)NCN2CCCC2)=C(O)[C@@]2(O)C(=O)C3=C(O)c4c(O)cccc4[C@@](C)(O)[C@H]3C[C@@H]12.CON(C)Cc1ccc(O)c2c1C[C@H]1C[C@H]3[C@H](N(C)C)C(=O)C(C(C)=O)=C(O)[C@@]3(O)C(=O)C1=C2O. The van der Waals surface area contributed by atoms with Gasteiger partial charge in [-0.3, -0.25) is 86.8 Å². The van der Waals surface area contributed by atoms with Crippen LogP contribution in [-0.2, 0) is 104 Å². The van der Waals surface area contributed by atoms with Crippen LogP contribution in [0.5, 0.6) is 23.0 Å². The molecule has 1 amide bonds. The van der Waals surface area contributed by atoms with Gasteiger partial charge in [-0.2, -0.15) is 5.06 Å². The number of ketones is 12. The number of rotatable bonds is 18. The lowest BCUT2D eigenvalue weighted by Crippen LogP contribution is -2.67. The first-order chi connectivity index (χ1) is 68.3. The van der Waals surface area contributed by atoms with Gasteiger partial charge in [-0.05, 0) is 240 Å². The van der Waals surface area contributed by atoms with E-state index in [9.17, 15) is 154 Å². The molecule has 0 bridgehead atoms. The van der Waals surface area contributed by atoms with Crippen LogP contribution in [0.1, 0.15) is 150 Å². The van der Waals surface area contributed by atoms with E-state index in [-0.39, 0.29) is 154 Å². The van der Waals surface area contributed by atoms with Crippen LogP contribution in [0.2, 0.25) is 0 Å². The van der Waals surface area contributed by atoms with Crippen molar-refractivity contribution in [1.82, 2.24) is 40.2 Å². The number of benzene rings is 4. The molecule has 4 aromatic carbocycles. The number of likely N-dealkylation sites (tertiary alicyclic amines) is 1. The molecular formula is C106H129N9O32. The number of carbonyl (C=O) groups is 13. The van der Waals surface area contributed by atoms with E-state index in [1.165, 1.54) is 83.0 Å². The van der Waals surface area contributed by atoms with E-state index in [4.69, 9.17) is 4.84 Å². The van der Waals surface area contributed by atoms with Gasteiger partial charge in [0.1, 0.15) is 91.4 Å². The lowest BCUT2D eigenvalue weighted by molar-refractivity contribution is -0.160. The van der Waals surface area contributed by atoms with Gasteiger partial charge in [0.25, 0.3) is 5.91 Å². The van der Waals surface area contributed by atoms with E-state index in [1.54, 1.807) is 99.6 Å².